The summed E-state index contributed by atoms with van der Waals surface area (Å²) >= 11 is 0. The van der Waals surface area contributed by atoms with Gasteiger partial charge in [0.2, 0.25) is 0 Å². The SMILES string of the molecule is Cc1c(C(=O)N2CCCC(C(F)(F)F)C2)nnn1C1CCNCC1.Cl. The number of carbonyl (C=O) groups is 1. The average Bonchev–Trinajstić information content (AvgIpc) is 2.96. The summed E-state index contributed by atoms with van der Waals surface area (Å²) in [5.74, 6) is -1.89. The minimum absolute atomic E-state index is 0. The molecule has 1 aromatic heterocycles. The molecule has 0 bridgehead atoms. The number of nitrogens with zero attached hydrogens (tertiary/aromatic N) is 4. The summed E-state index contributed by atoms with van der Waals surface area (Å²) in [6.45, 7) is 3.58. The fourth-order valence-electron chi connectivity index (χ4n) is 3.52. The maximum absolute atomic E-state index is 12.9. The minimum Gasteiger partial charge on any atom is -0.337 e. The first kappa shape index (κ1) is 20.0. The summed E-state index contributed by atoms with van der Waals surface area (Å²) in [6, 6.07) is 0.185. The zero-order chi connectivity index (χ0) is 17.3. The first-order chi connectivity index (χ1) is 11.4. The monoisotopic (exact) mass is 381 g/mol. The largest absolute Gasteiger partial charge is 0.393 e. The van der Waals surface area contributed by atoms with Crippen LogP contribution in [-0.2, 0) is 0 Å². The third-order valence-electron chi connectivity index (χ3n) is 4.96. The highest BCUT2D eigenvalue weighted by Crippen LogP contribution is 2.33. The van der Waals surface area contributed by atoms with Gasteiger partial charge in [-0.3, -0.25) is 4.79 Å². The normalized spacial score (nSPS) is 22.6. The lowest BCUT2D eigenvalue weighted by atomic mass is 9.97. The molecule has 1 amide bonds. The summed E-state index contributed by atoms with van der Waals surface area (Å²) in [6.07, 6.45) is -2.03. The van der Waals surface area contributed by atoms with Crippen LogP contribution in [0, 0.1) is 12.8 Å². The smallest absolute Gasteiger partial charge is 0.337 e. The number of amides is 1. The molecule has 2 fully saturated rings. The molecule has 0 aliphatic carbocycles. The number of rotatable bonds is 2. The molecule has 142 valence electrons. The van der Waals surface area contributed by atoms with Gasteiger partial charge in [-0.15, -0.1) is 17.5 Å². The van der Waals surface area contributed by atoms with Gasteiger partial charge in [0.15, 0.2) is 5.69 Å². The molecule has 2 aliphatic rings. The second-order valence-electron chi connectivity index (χ2n) is 6.58. The van der Waals surface area contributed by atoms with E-state index in [2.05, 4.69) is 15.6 Å². The standard InChI is InChI=1S/C15H22F3N5O.ClH/c1-10-13(20-21-23(10)12-4-6-19-7-5-12)14(24)22-8-2-3-11(9-22)15(16,17)18;/h11-12,19H,2-9H2,1H3;1H. The lowest BCUT2D eigenvalue weighted by Gasteiger charge is -2.33. The number of aromatic nitrogens is 3. The van der Waals surface area contributed by atoms with E-state index < -0.39 is 18.0 Å². The third-order valence-corrected chi connectivity index (χ3v) is 4.96. The van der Waals surface area contributed by atoms with Gasteiger partial charge >= 0.3 is 6.18 Å². The van der Waals surface area contributed by atoms with Crippen molar-refractivity contribution in [2.45, 2.75) is 44.8 Å². The molecule has 1 unspecified atom stereocenters. The fraction of sp³-hybridized carbons (Fsp3) is 0.800. The van der Waals surface area contributed by atoms with Crippen LogP contribution in [0.25, 0.3) is 0 Å². The summed E-state index contributed by atoms with van der Waals surface area (Å²) < 4.78 is 40.5. The van der Waals surface area contributed by atoms with Crippen molar-refractivity contribution in [3.63, 3.8) is 0 Å². The Balaban J connectivity index is 0.00000225. The summed E-state index contributed by atoms with van der Waals surface area (Å²) in [5, 5.41) is 11.3. The van der Waals surface area contributed by atoms with Crippen molar-refractivity contribution in [2.75, 3.05) is 26.2 Å². The van der Waals surface area contributed by atoms with Crippen molar-refractivity contribution < 1.29 is 18.0 Å². The lowest BCUT2D eigenvalue weighted by molar-refractivity contribution is -0.184. The molecule has 2 aliphatic heterocycles. The van der Waals surface area contributed by atoms with Crippen LogP contribution in [0.4, 0.5) is 13.2 Å². The Morgan fingerprint density at radius 2 is 1.92 bits per heavy atom. The van der Waals surface area contributed by atoms with Gasteiger partial charge in [0, 0.05) is 13.1 Å². The van der Waals surface area contributed by atoms with Crippen LogP contribution in [0.5, 0.6) is 0 Å². The van der Waals surface area contributed by atoms with Crippen LogP contribution >= 0.6 is 12.4 Å². The number of hydrogen-bond acceptors (Lipinski definition) is 4. The van der Waals surface area contributed by atoms with E-state index in [9.17, 15) is 18.0 Å². The van der Waals surface area contributed by atoms with Crippen LogP contribution in [-0.4, -0.2) is 58.2 Å². The lowest BCUT2D eigenvalue weighted by Crippen LogP contribution is -2.44. The Hall–Kier alpha value is -1.35. The molecule has 1 atom stereocenters. The molecule has 3 heterocycles. The van der Waals surface area contributed by atoms with E-state index in [1.54, 1.807) is 11.6 Å². The van der Waals surface area contributed by atoms with E-state index in [1.807, 2.05) is 0 Å². The fourth-order valence-corrected chi connectivity index (χ4v) is 3.52. The van der Waals surface area contributed by atoms with Gasteiger partial charge in [-0.05, 0) is 45.7 Å². The molecule has 10 heteroatoms. The van der Waals surface area contributed by atoms with E-state index in [0.717, 1.165) is 25.9 Å². The first-order valence-corrected chi connectivity index (χ1v) is 8.36. The minimum atomic E-state index is -4.26. The number of nitrogens with one attached hydrogen (secondary N) is 1. The highest BCUT2D eigenvalue weighted by molar-refractivity contribution is 5.93. The highest BCUT2D eigenvalue weighted by Gasteiger charge is 2.43. The van der Waals surface area contributed by atoms with Crippen molar-refractivity contribution in [1.29, 1.82) is 0 Å². The predicted molar refractivity (Wildman–Crippen MR) is 87.8 cm³/mol. The Morgan fingerprint density at radius 3 is 2.56 bits per heavy atom. The molecule has 1 aromatic rings. The average molecular weight is 382 g/mol. The first-order valence-electron chi connectivity index (χ1n) is 8.36. The number of likely N-dealkylation sites (tertiary alicyclic amines) is 1. The van der Waals surface area contributed by atoms with Gasteiger partial charge in [-0.2, -0.15) is 13.2 Å². The van der Waals surface area contributed by atoms with Crippen LogP contribution in [0.15, 0.2) is 0 Å². The quantitative estimate of drug-likeness (QED) is 0.854. The maximum atomic E-state index is 12.9. The Kier molecular flexibility index (Phi) is 6.31. The van der Waals surface area contributed by atoms with Crippen LogP contribution in [0.2, 0.25) is 0 Å². The number of carbonyl (C=O) groups excluding carboxylic acids is 1. The Bertz CT molecular complexity index is 600. The van der Waals surface area contributed by atoms with E-state index >= 15 is 0 Å². The molecule has 25 heavy (non-hydrogen) atoms. The van der Waals surface area contributed by atoms with Gasteiger partial charge in [-0.25, -0.2) is 4.68 Å². The van der Waals surface area contributed by atoms with Crippen LogP contribution in [0.1, 0.15) is 47.9 Å². The summed E-state index contributed by atoms with van der Waals surface area (Å²) in [5.41, 5.74) is 0.817. The van der Waals surface area contributed by atoms with Crippen LogP contribution < -0.4 is 5.32 Å². The summed E-state index contributed by atoms with van der Waals surface area (Å²) in [4.78, 5) is 13.9. The van der Waals surface area contributed by atoms with Gasteiger partial charge in [-0.1, -0.05) is 5.21 Å². The topological polar surface area (TPSA) is 63.1 Å². The second-order valence-corrected chi connectivity index (χ2v) is 6.58. The van der Waals surface area contributed by atoms with E-state index in [0.29, 0.717) is 18.7 Å². The zero-order valence-corrected chi connectivity index (χ0v) is 14.9. The highest BCUT2D eigenvalue weighted by atomic mass is 35.5. The molecule has 6 nitrogen and oxygen atoms in total. The van der Waals surface area contributed by atoms with E-state index in [1.165, 1.54) is 4.90 Å². The number of halogens is 4. The van der Waals surface area contributed by atoms with E-state index in [-0.39, 0.29) is 37.1 Å². The molecule has 3 rings (SSSR count). The van der Waals surface area contributed by atoms with Crippen molar-refractivity contribution >= 4 is 18.3 Å². The Morgan fingerprint density at radius 1 is 1.24 bits per heavy atom. The molecular formula is C15H23ClF3N5O. The molecule has 2 saturated heterocycles. The van der Waals surface area contributed by atoms with Crippen molar-refractivity contribution in [3.8, 4) is 0 Å². The summed E-state index contributed by atoms with van der Waals surface area (Å²) in [7, 11) is 0. The van der Waals surface area contributed by atoms with Crippen molar-refractivity contribution in [2.24, 2.45) is 5.92 Å². The number of hydrogen-bond donors (Lipinski definition) is 1. The molecule has 0 spiro atoms. The maximum Gasteiger partial charge on any atom is 0.393 e. The van der Waals surface area contributed by atoms with Gasteiger partial charge in [0.05, 0.1) is 17.7 Å². The zero-order valence-electron chi connectivity index (χ0n) is 14.1. The molecule has 0 aromatic carbocycles. The van der Waals surface area contributed by atoms with Gasteiger partial charge in [0.1, 0.15) is 0 Å². The molecular weight excluding hydrogens is 359 g/mol. The second kappa shape index (κ2) is 7.90. The third kappa shape index (κ3) is 4.25. The van der Waals surface area contributed by atoms with Crippen molar-refractivity contribution in [3.05, 3.63) is 11.4 Å². The van der Waals surface area contributed by atoms with Gasteiger partial charge in [0.25, 0.3) is 5.91 Å². The van der Waals surface area contributed by atoms with E-state index in [4.69, 9.17) is 0 Å². The predicted octanol–water partition coefficient (Wildman–Crippen LogP) is 2.35. The number of piperidine rings is 2. The molecule has 1 N–H and O–H groups in total. The van der Waals surface area contributed by atoms with Crippen molar-refractivity contribution in [1.82, 2.24) is 25.2 Å². The molecule has 0 radical (unpaired) electrons. The number of alkyl halides is 3. The Labute approximate surface area is 150 Å². The van der Waals surface area contributed by atoms with Crippen LogP contribution in [0.3, 0.4) is 0 Å². The molecule has 0 saturated carbocycles. The van der Waals surface area contributed by atoms with Gasteiger partial charge < -0.3 is 10.2 Å².